The van der Waals surface area contributed by atoms with Crippen LogP contribution >= 0.6 is 0 Å². The monoisotopic (exact) mass is 295 g/mol. The lowest BCUT2D eigenvalue weighted by Gasteiger charge is -2.16. The Bertz CT molecular complexity index is 886. The van der Waals surface area contributed by atoms with Crippen LogP contribution in [-0.4, -0.2) is 16.7 Å². The first-order valence-electron chi connectivity index (χ1n) is 7.08. The van der Waals surface area contributed by atoms with Gasteiger partial charge in [0.1, 0.15) is 0 Å². The fraction of sp³-hybridized carbons (Fsp3) is 0.176. The summed E-state index contributed by atoms with van der Waals surface area (Å²) in [5.74, 6) is 0.290. The maximum Gasteiger partial charge on any atom is 0.294 e. The molecule has 0 saturated heterocycles. The first-order chi connectivity index (χ1) is 10.7. The molecule has 0 aliphatic rings. The summed E-state index contributed by atoms with van der Waals surface area (Å²) < 4.78 is 7.09. The summed E-state index contributed by atoms with van der Waals surface area (Å²) in [5.41, 5.74) is 8.60. The number of hydrogen-bond donors (Lipinski definition) is 1. The van der Waals surface area contributed by atoms with Gasteiger partial charge in [-0.1, -0.05) is 6.07 Å². The van der Waals surface area contributed by atoms with Gasteiger partial charge in [-0.25, -0.2) is 0 Å². The SMILES string of the molecule is CCn1c(=O)c(OC)c(-c2ccccn2)c2cc(N)ccc21. The molecule has 22 heavy (non-hydrogen) atoms. The average molecular weight is 295 g/mol. The minimum atomic E-state index is -0.164. The molecule has 0 fully saturated rings. The molecule has 0 aliphatic heterocycles. The third-order valence-electron chi connectivity index (χ3n) is 3.69. The topological polar surface area (TPSA) is 70.1 Å². The van der Waals surface area contributed by atoms with E-state index in [1.165, 1.54) is 7.11 Å². The van der Waals surface area contributed by atoms with E-state index in [0.717, 1.165) is 10.9 Å². The second-order valence-corrected chi connectivity index (χ2v) is 4.95. The smallest absolute Gasteiger partial charge is 0.294 e. The molecule has 0 saturated carbocycles. The quantitative estimate of drug-likeness (QED) is 0.754. The molecular weight excluding hydrogens is 278 g/mol. The number of pyridine rings is 2. The third kappa shape index (κ3) is 2.11. The summed E-state index contributed by atoms with van der Waals surface area (Å²) in [7, 11) is 1.50. The molecule has 2 aromatic heterocycles. The lowest BCUT2D eigenvalue weighted by molar-refractivity contribution is 0.406. The van der Waals surface area contributed by atoms with E-state index >= 15 is 0 Å². The highest BCUT2D eigenvalue weighted by Gasteiger charge is 2.19. The predicted molar refractivity (Wildman–Crippen MR) is 88.1 cm³/mol. The molecule has 0 bridgehead atoms. The van der Waals surface area contributed by atoms with Crippen LogP contribution in [0.15, 0.2) is 47.4 Å². The van der Waals surface area contributed by atoms with Gasteiger partial charge in [-0.05, 0) is 37.3 Å². The highest BCUT2D eigenvalue weighted by Crippen LogP contribution is 2.34. The zero-order chi connectivity index (χ0) is 15.7. The standard InChI is InChI=1S/C17H17N3O2/c1-3-20-14-8-7-11(18)10-12(14)15(16(22-2)17(20)21)13-6-4-5-9-19-13/h4-10H,3,18H2,1-2H3. The molecule has 5 heteroatoms. The number of aromatic nitrogens is 2. The summed E-state index contributed by atoms with van der Waals surface area (Å²) in [5, 5.41) is 0.858. The molecule has 0 radical (unpaired) electrons. The number of rotatable bonds is 3. The Morgan fingerprint density at radius 2 is 2.09 bits per heavy atom. The van der Waals surface area contributed by atoms with E-state index < -0.39 is 0 Å². The van der Waals surface area contributed by atoms with E-state index in [1.807, 2.05) is 37.3 Å². The van der Waals surface area contributed by atoms with Gasteiger partial charge in [0.05, 0.1) is 23.9 Å². The Hall–Kier alpha value is -2.82. The molecule has 112 valence electrons. The zero-order valence-corrected chi connectivity index (χ0v) is 12.5. The van der Waals surface area contributed by atoms with Crippen molar-refractivity contribution in [2.75, 3.05) is 12.8 Å². The van der Waals surface area contributed by atoms with Gasteiger partial charge in [0, 0.05) is 23.8 Å². The van der Waals surface area contributed by atoms with Gasteiger partial charge in [0.15, 0.2) is 5.75 Å². The minimum Gasteiger partial charge on any atom is -0.491 e. The van der Waals surface area contributed by atoms with Crippen LogP contribution in [0.4, 0.5) is 5.69 Å². The van der Waals surface area contributed by atoms with Crippen molar-refractivity contribution in [3.8, 4) is 17.0 Å². The van der Waals surface area contributed by atoms with Crippen molar-refractivity contribution in [1.29, 1.82) is 0 Å². The second kappa shape index (κ2) is 5.52. The summed E-state index contributed by atoms with van der Waals surface area (Å²) in [6.07, 6.45) is 1.69. The van der Waals surface area contributed by atoms with Gasteiger partial charge < -0.3 is 15.0 Å². The summed E-state index contributed by atoms with van der Waals surface area (Å²) in [6.45, 7) is 2.48. The summed E-state index contributed by atoms with van der Waals surface area (Å²) in [6, 6.07) is 11.1. The lowest BCUT2D eigenvalue weighted by atomic mass is 10.0. The molecule has 0 unspecified atom stereocenters. The first kappa shape index (κ1) is 14.1. The number of anilines is 1. The molecule has 0 aliphatic carbocycles. The van der Waals surface area contributed by atoms with Crippen molar-refractivity contribution in [3.05, 3.63) is 52.9 Å². The molecule has 3 aromatic rings. The lowest BCUT2D eigenvalue weighted by Crippen LogP contribution is -2.22. The van der Waals surface area contributed by atoms with E-state index in [4.69, 9.17) is 10.5 Å². The van der Waals surface area contributed by atoms with E-state index in [1.54, 1.807) is 16.8 Å². The number of fused-ring (bicyclic) bond motifs is 1. The van der Waals surface area contributed by atoms with Crippen LogP contribution in [0, 0.1) is 0 Å². The van der Waals surface area contributed by atoms with Crippen molar-refractivity contribution in [2.45, 2.75) is 13.5 Å². The predicted octanol–water partition coefficient (Wildman–Crippen LogP) is 2.67. The number of nitrogens with two attached hydrogens (primary N) is 1. The van der Waals surface area contributed by atoms with E-state index in [2.05, 4.69) is 4.98 Å². The normalized spacial score (nSPS) is 10.8. The molecule has 5 nitrogen and oxygen atoms in total. The fourth-order valence-corrected chi connectivity index (χ4v) is 2.72. The van der Waals surface area contributed by atoms with Crippen LogP contribution in [0.25, 0.3) is 22.2 Å². The van der Waals surface area contributed by atoms with Gasteiger partial charge in [-0.2, -0.15) is 0 Å². The third-order valence-corrected chi connectivity index (χ3v) is 3.69. The molecule has 0 spiro atoms. The molecule has 3 rings (SSSR count). The molecular formula is C17H17N3O2. The number of aryl methyl sites for hydroxylation is 1. The van der Waals surface area contributed by atoms with Crippen molar-refractivity contribution < 1.29 is 4.74 Å². The van der Waals surface area contributed by atoms with Gasteiger partial charge in [-0.15, -0.1) is 0 Å². The summed E-state index contributed by atoms with van der Waals surface area (Å²) >= 11 is 0. The van der Waals surface area contributed by atoms with E-state index in [9.17, 15) is 4.79 Å². The Balaban J connectivity index is 2.54. The molecule has 2 N–H and O–H groups in total. The zero-order valence-electron chi connectivity index (χ0n) is 12.5. The average Bonchev–Trinajstić information content (AvgIpc) is 2.55. The molecule has 0 atom stereocenters. The molecule has 2 heterocycles. The van der Waals surface area contributed by atoms with Crippen LogP contribution in [0.5, 0.6) is 5.75 Å². The van der Waals surface area contributed by atoms with Crippen LogP contribution < -0.4 is 16.0 Å². The number of benzene rings is 1. The highest BCUT2D eigenvalue weighted by molar-refractivity contribution is 5.98. The van der Waals surface area contributed by atoms with Crippen LogP contribution in [-0.2, 0) is 6.54 Å². The van der Waals surface area contributed by atoms with Crippen LogP contribution in [0.2, 0.25) is 0 Å². The number of nitrogen functional groups attached to an aromatic ring is 1. The van der Waals surface area contributed by atoms with Crippen LogP contribution in [0.3, 0.4) is 0 Å². The minimum absolute atomic E-state index is 0.164. The Labute approximate surface area is 128 Å². The van der Waals surface area contributed by atoms with Gasteiger partial charge >= 0.3 is 0 Å². The largest absolute Gasteiger partial charge is 0.491 e. The van der Waals surface area contributed by atoms with Crippen molar-refractivity contribution >= 4 is 16.6 Å². The van der Waals surface area contributed by atoms with Gasteiger partial charge in [-0.3, -0.25) is 9.78 Å². The molecule has 1 aromatic carbocycles. The van der Waals surface area contributed by atoms with Gasteiger partial charge in [0.25, 0.3) is 5.56 Å². The van der Waals surface area contributed by atoms with Gasteiger partial charge in [0.2, 0.25) is 0 Å². The number of nitrogens with zero attached hydrogens (tertiary/aromatic N) is 2. The first-order valence-corrected chi connectivity index (χ1v) is 7.08. The number of ether oxygens (including phenoxy) is 1. The maximum atomic E-state index is 12.7. The summed E-state index contributed by atoms with van der Waals surface area (Å²) in [4.78, 5) is 17.1. The van der Waals surface area contributed by atoms with Crippen molar-refractivity contribution in [1.82, 2.24) is 9.55 Å². The van der Waals surface area contributed by atoms with E-state index in [-0.39, 0.29) is 5.56 Å². The maximum absolute atomic E-state index is 12.7. The molecule has 0 amide bonds. The Kier molecular flexibility index (Phi) is 3.55. The van der Waals surface area contributed by atoms with Crippen molar-refractivity contribution in [3.63, 3.8) is 0 Å². The Morgan fingerprint density at radius 3 is 2.73 bits per heavy atom. The Morgan fingerprint density at radius 1 is 1.27 bits per heavy atom. The highest BCUT2D eigenvalue weighted by atomic mass is 16.5. The number of hydrogen-bond acceptors (Lipinski definition) is 4. The van der Waals surface area contributed by atoms with Crippen molar-refractivity contribution in [2.24, 2.45) is 0 Å². The van der Waals surface area contributed by atoms with Crippen LogP contribution in [0.1, 0.15) is 6.92 Å². The second-order valence-electron chi connectivity index (χ2n) is 4.95. The fourth-order valence-electron chi connectivity index (χ4n) is 2.72. The number of methoxy groups -OCH3 is 1. The van der Waals surface area contributed by atoms with E-state index in [0.29, 0.717) is 29.2 Å².